The molecule has 1 heterocycles. The van der Waals surface area contributed by atoms with Gasteiger partial charge in [-0.15, -0.1) is 0 Å². The van der Waals surface area contributed by atoms with Crippen molar-refractivity contribution in [2.75, 3.05) is 13.2 Å². The maximum absolute atomic E-state index is 6.47. The van der Waals surface area contributed by atoms with Crippen molar-refractivity contribution in [3.63, 3.8) is 0 Å². The Balaban J connectivity index is 1.97. The van der Waals surface area contributed by atoms with Crippen molar-refractivity contribution >= 4 is 0 Å². The van der Waals surface area contributed by atoms with Crippen LogP contribution in [0.1, 0.15) is 30.4 Å². The minimum atomic E-state index is -0.806. The van der Waals surface area contributed by atoms with Gasteiger partial charge in [0, 0.05) is 11.1 Å². The number of rotatable bonds is 5. The number of hydrogen-bond donors (Lipinski definition) is 1. The van der Waals surface area contributed by atoms with Crippen molar-refractivity contribution in [2.24, 2.45) is 5.73 Å². The van der Waals surface area contributed by atoms with Crippen LogP contribution in [-0.4, -0.2) is 19.3 Å². The number of benzene rings is 2. The quantitative estimate of drug-likeness (QED) is 0.919. The van der Waals surface area contributed by atoms with Gasteiger partial charge in [-0.1, -0.05) is 60.7 Å². The fraction of sp³-hybridized carbons (Fsp3) is 0.368. The second kappa shape index (κ2) is 7.05. The summed E-state index contributed by atoms with van der Waals surface area (Å²) in [4.78, 5) is 0. The Hall–Kier alpha value is -1.68. The molecule has 1 atom stereocenters. The van der Waals surface area contributed by atoms with Crippen LogP contribution in [0.25, 0.3) is 0 Å². The minimum absolute atomic E-state index is 0.178. The molecule has 0 bridgehead atoms. The molecule has 3 rings (SSSR count). The van der Waals surface area contributed by atoms with Gasteiger partial charge >= 0.3 is 0 Å². The van der Waals surface area contributed by atoms with Gasteiger partial charge in [0.15, 0.2) is 0 Å². The molecule has 3 nitrogen and oxygen atoms in total. The molecule has 116 valence electrons. The van der Waals surface area contributed by atoms with E-state index >= 15 is 0 Å². The maximum atomic E-state index is 6.47. The van der Waals surface area contributed by atoms with Crippen molar-refractivity contribution in [3.05, 3.63) is 71.8 Å². The molecule has 3 heteroatoms. The highest BCUT2D eigenvalue weighted by Gasteiger charge is 2.41. The van der Waals surface area contributed by atoms with Crippen LogP contribution in [0, 0.1) is 0 Å². The van der Waals surface area contributed by atoms with Crippen molar-refractivity contribution in [3.8, 4) is 0 Å². The predicted octanol–water partition coefficient (Wildman–Crippen LogP) is 3.43. The zero-order valence-corrected chi connectivity index (χ0v) is 12.8. The van der Waals surface area contributed by atoms with Gasteiger partial charge in [0.05, 0.1) is 12.7 Å². The second-order valence-corrected chi connectivity index (χ2v) is 5.66. The highest BCUT2D eigenvalue weighted by atomic mass is 16.7. The third-order valence-corrected chi connectivity index (χ3v) is 4.12. The number of nitrogens with two attached hydrogens (primary N) is 1. The average molecular weight is 297 g/mol. The molecular weight excluding hydrogens is 274 g/mol. The number of hydrogen-bond acceptors (Lipinski definition) is 3. The zero-order chi connectivity index (χ0) is 15.3. The SMILES string of the molecule is NCCC[C@@H]1CCOC(c2ccccc2)(c2ccccc2)O1. The summed E-state index contributed by atoms with van der Waals surface area (Å²) in [6, 6.07) is 20.4. The Kier molecular flexibility index (Phi) is 4.88. The normalized spacial score (nSPS) is 20.7. The topological polar surface area (TPSA) is 44.5 Å². The molecule has 0 unspecified atom stereocenters. The highest BCUT2D eigenvalue weighted by Crippen LogP contribution is 2.40. The standard InChI is InChI=1S/C19H23NO2/c20-14-7-12-18-13-15-21-19(22-18,16-8-3-1-4-9-16)17-10-5-2-6-11-17/h1-6,8-11,18H,7,12-15,20H2/t18-/m1/s1. The van der Waals surface area contributed by atoms with Crippen molar-refractivity contribution in [1.82, 2.24) is 0 Å². The van der Waals surface area contributed by atoms with Crippen LogP contribution in [0.2, 0.25) is 0 Å². The summed E-state index contributed by atoms with van der Waals surface area (Å²) in [5, 5.41) is 0. The first-order valence-corrected chi connectivity index (χ1v) is 7.98. The first-order chi connectivity index (χ1) is 10.8. The lowest BCUT2D eigenvalue weighted by Gasteiger charge is -2.42. The lowest BCUT2D eigenvalue weighted by atomic mass is 9.95. The molecule has 2 aromatic carbocycles. The lowest BCUT2D eigenvalue weighted by Crippen LogP contribution is -2.43. The van der Waals surface area contributed by atoms with Crippen LogP contribution in [0.3, 0.4) is 0 Å². The van der Waals surface area contributed by atoms with Gasteiger partial charge in [-0.05, 0) is 25.8 Å². The summed E-state index contributed by atoms with van der Waals surface area (Å²) in [6.45, 7) is 1.39. The van der Waals surface area contributed by atoms with Crippen molar-refractivity contribution < 1.29 is 9.47 Å². The summed E-state index contributed by atoms with van der Waals surface area (Å²) in [5.41, 5.74) is 7.73. The second-order valence-electron chi connectivity index (χ2n) is 5.66. The third kappa shape index (κ3) is 3.07. The molecule has 1 saturated heterocycles. The van der Waals surface area contributed by atoms with E-state index in [1.807, 2.05) is 36.4 Å². The van der Waals surface area contributed by atoms with E-state index in [0.29, 0.717) is 13.2 Å². The van der Waals surface area contributed by atoms with Gasteiger partial charge in [-0.2, -0.15) is 0 Å². The molecule has 0 saturated carbocycles. The largest absolute Gasteiger partial charge is 0.342 e. The van der Waals surface area contributed by atoms with Gasteiger partial charge in [0.2, 0.25) is 5.79 Å². The Bertz CT molecular complexity index is 531. The van der Waals surface area contributed by atoms with E-state index in [0.717, 1.165) is 30.4 Å². The monoisotopic (exact) mass is 297 g/mol. The van der Waals surface area contributed by atoms with E-state index in [4.69, 9.17) is 15.2 Å². The molecule has 2 N–H and O–H groups in total. The first kappa shape index (κ1) is 15.2. The summed E-state index contributed by atoms with van der Waals surface area (Å²) in [7, 11) is 0. The summed E-state index contributed by atoms with van der Waals surface area (Å²) in [6.07, 6.45) is 3.05. The molecular formula is C19H23NO2. The highest BCUT2D eigenvalue weighted by molar-refractivity contribution is 5.34. The molecule has 22 heavy (non-hydrogen) atoms. The van der Waals surface area contributed by atoms with E-state index in [1.54, 1.807) is 0 Å². The van der Waals surface area contributed by atoms with E-state index < -0.39 is 5.79 Å². The maximum Gasteiger partial charge on any atom is 0.222 e. The van der Waals surface area contributed by atoms with Gasteiger partial charge in [0.25, 0.3) is 0 Å². The molecule has 1 aliphatic rings. The summed E-state index contributed by atoms with van der Waals surface area (Å²) < 4.78 is 12.7. The first-order valence-electron chi connectivity index (χ1n) is 7.98. The van der Waals surface area contributed by atoms with Crippen LogP contribution in [0.15, 0.2) is 60.7 Å². The zero-order valence-electron chi connectivity index (χ0n) is 12.8. The fourth-order valence-electron chi connectivity index (χ4n) is 3.00. The Labute approximate surface area is 132 Å². The molecule has 2 aromatic rings. The van der Waals surface area contributed by atoms with Crippen molar-refractivity contribution in [1.29, 1.82) is 0 Å². The van der Waals surface area contributed by atoms with Crippen LogP contribution in [0.5, 0.6) is 0 Å². The van der Waals surface area contributed by atoms with E-state index in [2.05, 4.69) is 24.3 Å². The molecule has 1 fully saturated rings. The summed E-state index contributed by atoms with van der Waals surface area (Å²) >= 11 is 0. The van der Waals surface area contributed by atoms with E-state index in [9.17, 15) is 0 Å². The molecule has 1 aliphatic heterocycles. The average Bonchev–Trinajstić information content (AvgIpc) is 2.61. The Morgan fingerprint density at radius 1 is 0.955 bits per heavy atom. The van der Waals surface area contributed by atoms with Crippen LogP contribution in [-0.2, 0) is 15.3 Å². The lowest BCUT2D eigenvalue weighted by molar-refractivity contribution is -0.279. The number of ether oxygens (including phenoxy) is 2. The fourth-order valence-corrected chi connectivity index (χ4v) is 3.00. The smallest absolute Gasteiger partial charge is 0.222 e. The van der Waals surface area contributed by atoms with E-state index in [1.165, 1.54) is 0 Å². The van der Waals surface area contributed by atoms with Gasteiger partial charge < -0.3 is 15.2 Å². The molecule has 0 radical (unpaired) electrons. The van der Waals surface area contributed by atoms with Gasteiger partial charge in [-0.3, -0.25) is 0 Å². The van der Waals surface area contributed by atoms with Gasteiger partial charge in [0.1, 0.15) is 0 Å². The molecule has 0 amide bonds. The molecule has 0 spiro atoms. The third-order valence-electron chi connectivity index (χ3n) is 4.12. The van der Waals surface area contributed by atoms with Gasteiger partial charge in [-0.25, -0.2) is 0 Å². The Morgan fingerprint density at radius 3 is 2.09 bits per heavy atom. The summed E-state index contributed by atoms with van der Waals surface area (Å²) in [5.74, 6) is -0.806. The molecule has 0 aliphatic carbocycles. The Morgan fingerprint density at radius 2 is 1.55 bits per heavy atom. The van der Waals surface area contributed by atoms with Crippen LogP contribution >= 0.6 is 0 Å². The van der Waals surface area contributed by atoms with E-state index in [-0.39, 0.29) is 6.10 Å². The van der Waals surface area contributed by atoms with Crippen LogP contribution in [0.4, 0.5) is 0 Å². The minimum Gasteiger partial charge on any atom is -0.342 e. The van der Waals surface area contributed by atoms with Crippen molar-refractivity contribution in [2.45, 2.75) is 31.2 Å². The predicted molar refractivity (Wildman–Crippen MR) is 87.4 cm³/mol. The molecule has 0 aromatic heterocycles. The van der Waals surface area contributed by atoms with Crippen LogP contribution < -0.4 is 5.73 Å².